The van der Waals surface area contributed by atoms with E-state index < -0.39 is 0 Å². The van der Waals surface area contributed by atoms with Gasteiger partial charge < -0.3 is 14.5 Å². The van der Waals surface area contributed by atoms with Gasteiger partial charge in [0.25, 0.3) is 0 Å². The van der Waals surface area contributed by atoms with Crippen LogP contribution in [0.15, 0.2) is 0 Å². The lowest BCUT2D eigenvalue weighted by molar-refractivity contribution is -0.132. The topological polar surface area (TPSA) is 36.0 Å². The van der Waals surface area contributed by atoms with Gasteiger partial charge in [0.1, 0.15) is 0 Å². The highest BCUT2D eigenvalue weighted by Gasteiger charge is 2.27. The quantitative estimate of drug-likeness (QED) is 0.693. The molecule has 0 unspecified atom stereocenters. The van der Waals surface area contributed by atoms with E-state index >= 15 is 0 Å². The Hall–Kier alpha value is -0.650. The lowest BCUT2D eigenvalue weighted by atomic mass is 10.1. The van der Waals surface area contributed by atoms with E-state index in [1.54, 1.807) is 0 Å². The second kappa shape index (κ2) is 6.50. The number of amides is 1. The number of ether oxygens (including phenoxy) is 1. The first-order chi connectivity index (χ1) is 8.65. The van der Waals surface area contributed by atoms with Gasteiger partial charge in [0, 0.05) is 32.7 Å². The predicted octanol–water partition coefficient (Wildman–Crippen LogP) is -0.271. The minimum atomic E-state index is 0.290. The molecule has 2 saturated heterocycles. The lowest BCUT2D eigenvalue weighted by Gasteiger charge is -2.28. The monoisotopic (exact) mass is 255 g/mol. The lowest BCUT2D eigenvalue weighted by Crippen LogP contribution is -2.44. The third-order valence-corrected chi connectivity index (χ3v) is 3.72. The van der Waals surface area contributed by atoms with Gasteiger partial charge in [-0.3, -0.25) is 9.69 Å². The Bertz CT molecular complexity index is 277. The van der Waals surface area contributed by atoms with Crippen molar-refractivity contribution in [3.8, 4) is 0 Å². The van der Waals surface area contributed by atoms with Crippen molar-refractivity contribution < 1.29 is 9.53 Å². The first kappa shape index (κ1) is 13.8. The Kier molecular flexibility index (Phi) is 4.97. The highest BCUT2D eigenvalue weighted by Crippen LogP contribution is 2.17. The first-order valence-corrected chi connectivity index (χ1v) is 6.88. The summed E-state index contributed by atoms with van der Waals surface area (Å²) in [7, 11) is 4.19. The van der Waals surface area contributed by atoms with Crippen molar-refractivity contribution in [1.29, 1.82) is 0 Å². The van der Waals surface area contributed by atoms with Crippen LogP contribution in [0.25, 0.3) is 0 Å². The van der Waals surface area contributed by atoms with Gasteiger partial charge in [-0.15, -0.1) is 0 Å². The average molecular weight is 255 g/mol. The van der Waals surface area contributed by atoms with Gasteiger partial charge in [0.05, 0.1) is 19.8 Å². The molecule has 0 N–H and O–H groups in total. The zero-order valence-corrected chi connectivity index (χ0v) is 11.6. The van der Waals surface area contributed by atoms with Crippen molar-refractivity contribution in [2.75, 3.05) is 66.6 Å². The molecule has 1 atom stereocenters. The Morgan fingerprint density at radius 3 is 2.67 bits per heavy atom. The minimum absolute atomic E-state index is 0.290. The smallest absolute Gasteiger partial charge is 0.236 e. The largest absolute Gasteiger partial charge is 0.379 e. The highest BCUT2D eigenvalue weighted by molar-refractivity contribution is 5.78. The fraction of sp³-hybridized carbons (Fsp3) is 0.923. The molecule has 0 aromatic carbocycles. The van der Waals surface area contributed by atoms with Crippen LogP contribution in [-0.4, -0.2) is 87.2 Å². The Balaban J connectivity index is 1.73. The molecular weight excluding hydrogens is 230 g/mol. The number of carbonyl (C=O) groups is 1. The van der Waals surface area contributed by atoms with Crippen molar-refractivity contribution in [2.45, 2.75) is 6.42 Å². The van der Waals surface area contributed by atoms with Crippen LogP contribution in [0, 0.1) is 5.92 Å². The summed E-state index contributed by atoms with van der Waals surface area (Å²) in [4.78, 5) is 18.6. The van der Waals surface area contributed by atoms with Gasteiger partial charge in [-0.05, 0) is 26.4 Å². The SMILES string of the molecule is CN(C)C[C@H]1CCN(C(=O)CN2CCOCC2)C1. The summed E-state index contributed by atoms with van der Waals surface area (Å²) >= 11 is 0. The molecule has 2 fully saturated rings. The molecule has 0 aromatic heterocycles. The number of hydrogen-bond donors (Lipinski definition) is 0. The Morgan fingerprint density at radius 2 is 2.00 bits per heavy atom. The molecule has 104 valence electrons. The summed E-state index contributed by atoms with van der Waals surface area (Å²) < 4.78 is 5.30. The van der Waals surface area contributed by atoms with Gasteiger partial charge in [-0.25, -0.2) is 0 Å². The Labute approximate surface area is 110 Å². The zero-order valence-electron chi connectivity index (χ0n) is 11.6. The van der Waals surface area contributed by atoms with Crippen LogP contribution in [-0.2, 0) is 9.53 Å². The first-order valence-electron chi connectivity index (χ1n) is 6.88. The number of rotatable bonds is 4. The minimum Gasteiger partial charge on any atom is -0.379 e. The molecule has 2 aliphatic rings. The van der Waals surface area contributed by atoms with Crippen LogP contribution < -0.4 is 0 Å². The van der Waals surface area contributed by atoms with Gasteiger partial charge in [-0.2, -0.15) is 0 Å². The van der Waals surface area contributed by atoms with E-state index in [0.29, 0.717) is 12.5 Å². The van der Waals surface area contributed by atoms with Crippen molar-refractivity contribution in [3.63, 3.8) is 0 Å². The van der Waals surface area contributed by atoms with E-state index in [1.165, 1.54) is 0 Å². The second-order valence-corrected chi connectivity index (χ2v) is 5.65. The van der Waals surface area contributed by atoms with Gasteiger partial charge in [0.15, 0.2) is 0 Å². The molecule has 5 heteroatoms. The van der Waals surface area contributed by atoms with Crippen LogP contribution in [0.2, 0.25) is 0 Å². The molecule has 2 heterocycles. The molecule has 0 aromatic rings. The maximum Gasteiger partial charge on any atom is 0.236 e. The molecule has 0 radical (unpaired) electrons. The Morgan fingerprint density at radius 1 is 1.28 bits per heavy atom. The molecule has 0 saturated carbocycles. The zero-order chi connectivity index (χ0) is 13.0. The van der Waals surface area contributed by atoms with Gasteiger partial charge in [-0.1, -0.05) is 0 Å². The van der Waals surface area contributed by atoms with Gasteiger partial charge >= 0.3 is 0 Å². The molecule has 2 rings (SSSR count). The van der Waals surface area contributed by atoms with E-state index in [4.69, 9.17) is 4.74 Å². The molecule has 0 spiro atoms. The fourth-order valence-corrected chi connectivity index (χ4v) is 2.78. The van der Waals surface area contributed by atoms with Crippen molar-refractivity contribution in [2.24, 2.45) is 5.92 Å². The second-order valence-electron chi connectivity index (χ2n) is 5.65. The summed E-state index contributed by atoms with van der Waals surface area (Å²) in [5.41, 5.74) is 0. The third kappa shape index (κ3) is 3.93. The van der Waals surface area contributed by atoms with E-state index in [0.717, 1.165) is 52.4 Å². The van der Waals surface area contributed by atoms with Crippen LogP contribution in [0.3, 0.4) is 0 Å². The summed E-state index contributed by atoms with van der Waals surface area (Å²) in [6, 6.07) is 0. The van der Waals surface area contributed by atoms with E-state index in [9.17, 15) is 4.79 Å². The summed E-state index contributed by atoms with van der Waals surface area (Å²) in [5.74, 6) is 0.937. The van der Waals surface area contributed by atoms with E-state index in [2.05, 4.69) is 23.9 Å². The van der Waals surface area contributed by atoms with Crippen LogP contribution in [0.5, 0.6) is 0 Å². The number of carbonyl (C=O) groups excluding carboxylic acids is 1. The van der Waals surface area contributed by atoms with Crippen molar-refractivity contribution >= 4 is 5.91 Å². The maximum absolute atomic E-state index is 12.2. The summed E-state index contributed by atoms with van der Waals surface area (Å²) in [6.07, 6.45) is 1.15. The molecule has 5 nitrogen and oxygen atoms in total. The molecule has 18 heavy (non-hydrogen) atoms. The molecule has 0 aliphatic carbocycles. The van der Waals surface area contributed by atoms with Gasteiger partial charge in [0.2, 0.25) is 5.91 Å². The van der Waals surface area contributed by atoms with Crippen LogP contribution in [0.4, 0.5) is 0 Å². The average Bonchev–Trinajstić information content (AvgIpc) is 2.78. The van der Waals surface area contributed by atoms with Crippen molar-refractivity contribution in [1.82, 2.24) is 14.7 Å². The highest BCUT2D eigenvalue weighted by atomic mass is 16.5. The van der Waals surface area contributed by atoms with E-state index in [1.807, 2.05) is 4.90 Å². The van der Waals surface area contributed by atoms with Crippen molar-refractivity contribution in [3.05, 3.63) is 0 Å². The standard InChI is InChI=1S/C13H25N3O2/c1-14(2)9-12-3-4-16(10-12)13(17)11-15-5-7-18-8-6-15/h12H,3-11H2,1-2H3/t12-/m1/s1. The number of nitrogens with zero attached hydrogens (tertiary/aromatic N) is 3. The van der Waals surface area contributed by atoms with Crippen LogP contribution >= 0.6 is 0 Å². The maximum atomic E-state index is 12.2. The van der Waals surface area contributed by atoms with Crippen LogP contribution in [0.1, 0.15) is 6.42 Å². The summed E-state index contributed by atoms with van der Waals surface area (Å²) in [5, 5.41) is 0. The predicted molar refractivity (Wildman–Crippen MR) is 70.5 cm³/mol. The normalized spacial score (nSPS) is 25.9. The van der Waals surface area contributed by atoms with E-state index in [-0.39, 0.29) is 5.91 Å². The number of hydrogen-bond acceptors (Lipinski definition) is 4. The molecule has 1 amide bonds. The number of likely N-dealkylation sites (tertiary alicyclic amines) is 1. The summed E-state index contributed by atoms with van der Waals surface area (Å²) in [6.45, 7) is 6.82. The molecule has 0 bridgehead atoms. The molecular formula is C13H25N3O2. The third-order valence-electron chi connectivity index (χ3n) is 3.72. The fourth-order valence-electron chi connectivity index (χ4n) is 2.78. The molecule has 2 aliphatic heterocycles. The number of morpholine rings is 1.